The smallest absolute Gasteiger partial charge is 0.407 e. The molecule has 0 spiro atoms. The van der Waals surface area contributed by atoms with E-state index in [1.165, 1.54) is 0 Å². The summed E-state index contributed by atoms with van der Waals surface area (Å²) in [5.74, 6) is -1.62. The molecule has 1 aromatic heterocycles. The van der Waals surface area contributed by atoms with Gasteiger partial charge < -0.3 is 24.3 Å². The molecule has 1 amide bonds. The van der Waals surface area contributed by atoms with Gasteiger partial charge in [0.15, 0.2) is 0 Å². The van der Waals surface area contributed by atoms with Gasteiger partial charge in [0.05, 0.1) is 19.8 Å². The summed E-state index contributed by atoms with van der Waals surface area (Å²) < 4.78 is 21.3. The van der Waals surface area contributed by atoms with E-state index in [0.29, 0.717) is 6.42 Å². The van der Waals surface area contributed by atoms with Crippen LogP contribution in [0, 0.1) is 0 Å². The normalized spacial score (nSPS) is 11.5. The van der Waals surface area contributed by atoms with Crippen LogP contribution in [0.2, 0.25) is 0 Å². The van der Waals surface area contributed by atoms with Gasteiger partial charge in [-0.2, -0.15) is 0 Å². The number of amides is 1. The lowest BCUT2D eigenvalue weighted by molar-refractivity contribution is -0.192. The summed E-state index contributed by atoms with van der Waals surface area (Å²) in [6.07, 6.45) is 3.46. The zero-order chi connectivity index (χ0) is 23.3. The first-order valence-corrected chi connectivity index (χ1v) is 10.5. The Kier molecular flexibility index (Phi) is 11.0. The van der Waals surface area contributed by atoms with Gasteiger partial charge >= 0.3 is 18.0 Å². The van der Waals surface area contributed by atoms with Gasteiger partial charge in [0.25, 0.3) is 5.60 Å². The van der Waals surface area contributed by atoms with Gasteiger partial charge in [-0.05, 0) is 59.1 Å². The molecule has 9 heteroatoms. The van der Waals surface area contributed by atoms with Crippen LogP contribution in [-0.2, 0) is 35.0 Å². The van der Waals surface area contributed by atoms with Crippen LogP contribution in [-0.4, -0.2) is 60.6 Å². The maximum absolute atomic E-state index is 12.8. The molecule has 0 saturated carbocycles. The molecule has 0 aromatic carbocycles. The van der Waals surface area contributed by atoms with E-state index in [4.69, 9.17) is 18.9 Å². The topological polar surface area (TPSA) is 113 Å². The fourth-order valence-electron chi connectivity index (χ4n) is 2.70. The number of rotatable bonds is 12. The van der Waals surface area contributed by atoms with Gasteiger partial charge in [-0.15, -0.1) is 0 Å². The van der Waals surface area contributed by atoms with Crippen molar-refractivity contribution in [1.82, 2.24) is 10.3 Å². The molecule has 0 bridgehead atoms. The summed E-state index contributed by atoms with van der Waals surface area (Å²) in [6.45, 7) is 9.01. The Balaban J connectivity index is 2.86. The Morgan fingerprint density at radius 1 is 1.06 bits per heavy atom. The van der Waals surface area contributed by atoms with Crippen LogP contribution in [0.1, 0.15) is 53.0 Å². The van der Waals surface area contributed by atoms with Crippen LogP contribution in [0.5, 0.6) is 0 Å². The van der Waals surface area contributed by atoms with Crippen molar-refractivity contribution in [2.75, 3.05) is 26.4 Å². The van der Waals surface area contributed by atoms with Crippen molar-refractivity contribution in [3.8, 4) is 0 Å². The molecule has 0 fully saturated rings. The van der Waals surface area contributed by atoms with Gasteiger partial charge in [-0.1, -0.05) is 6.07 Å². The molecule has 0 atom stereocenters. The summed E-state index contributed by atoms with van der Waals surface area (Å²) in [5.41, 5.74) is -1.64. The molecule has 174 valence electrons. The number of ether oxygens (including phenoxy) is 4. The Hall–Kier alpha value is -2.68. The number of nitrogens with one attached hydrogen (secondary N) is 1. The Morgan fingerprint density at radius 3 is 2.23 bits per heavy atom. The minimum absolute atomic E-state index is 0.0203. The molecule has 31 heavy (non-hydrogen) atoms. The molecule has 9 nitrogen and oxygen atoms in total. The molecule has 0 unspecified atom stereocenters. The van der Waals surface area contributed by atoms with E-state index >= 15 is 0 Å². The summed E-state index contributed by atoms with van der Waals surface area (Å²) in [6, 6.07) is 3.67. The number of carbonyl (C=O) groups is 3. The molecule has 1 heterocycles. The molecule has 1 aromatic rings. The summed E-state index contributed by atoms with van der Waals surface area (Å²) >= 11 is 0. The SMILES string of the molecule is CCOC(=O)C(CCCNC(=O)OC(C)(C)C)(OCCc1cccnc1)C(=O)OCC. The maximum atomic E-state index is 12.8. The van der Waals surface area contributed by atoms with Crippen molar-refractivity contribution >= 4 is 18.0 Å². The highest BCUT2D eigenvalue weighted by Gasteiger charge is 2.50. The number of aromatic nitrogens is 1. The number of alkyl carbamates (subject to hydrolysis) is 1. The number of hydrogen-bond donors (Lipinski definition) is 1. The van der Waals surface area contributed by atoms with Crippen LogP contribution in [0.15, 0.2) is 24.5 Å². The zero-order valence-corrected chi connectivity index (χ0v) is 19.1. The maximum Gasteiger partial charge on any atom is 0.407 e. The van der Waals surface area contributed by atoms with Gasteiger partial charge in [0, 0.05) is 25.4 Å². The number of nitrogens with zero attached hydrogens (tertiary/aromatic N) is 1. The molecule has 0 saturated heterocycles. The second kappa shape index (κ2) is 12.9. The van der Waals surface area contributed by atoms with Crippen LogP contribution >= 0.6 is 0 Å². The molecule has 0 aliphatic carbocycles. The summed E-state index contributed by atoms with van der Waals surface area (Å²) in [7, 11) is 0. The first-order chi connectivity index (χ1) is 14.6. The number of carbonyl (C=O) groups excluding carboxylic acids is 3. The van der Waals surface area contributed by atoms with Crippen molar-refractivity contribution in [3.63, 3.8) is 0 Å². The van der Waals surface area contributed by atoms with Crippen molar-refractivity contribution < 1.29 is 33.3 Å². The average molecular weight is 439 g/mol. The Labute approximate surface area is 183 Å². The van der Waals surface area contributed by atoms with Gasteiger partial charge in [0.1, 0.15) is 5.60 Å². The number of pyridine rings is 1. The quantitative estimate of drug-likeness (QED) is 0.229. The highest BCUT2D eigenvalue weighted by molar-refractivity contribution is 6.03. The van der Waals surface area contributed by atoms with Crippen molar-refractivity contribution in [2.24, 2.45) is 0 Å². The van der Waals surface area contributed by atoms with Crippen LogP contribution in [0.4, 0.5) is 4.79 Å². The number of esters is 2. The number of hydrogen-bond acceptors (Lipinski definition) is 8. The van der Waals surface area contributed by atoms with Gasteiger partial charge in [0.2, 0.25) is 0 Å². The third-order valence-corrected chi connectivity index (χ3v) is 4.05. The lowest BCUT2D eigenvalue weighted by atomic mass is 9.97. The standard InChI is InChI=1S/C22H34N2O7/c1-6-28-18(25)22(19(26)29-7-2,30-15-11-17-10-8-13-23-16-17)12-9-14-24-20(27)31-21(3,4)5/h8,10,13,16H,6-7,9,11-12,14-15H2,1-5H3,(H,24,27). The van der Waals surface area contributed by atoms with Crippen molar-refractivity contribution in [2.45, 2.75) is 65.1 Å². The molecule has 0 radical (unpaired) electrons. The Bertz CT molecular complexity index is 684. The van der Waals surface area contributed by atoms with E-state index in [-0.39, 0.29) is 39.2 Å². The summed E-state index contributed by atoms with van der Waals surface area (Å²) in [5, 5.41) is 2.61. The van der Waals surface area contributed by atoms with E-state index in [1.807, 2.05) is 6.07 Å². The molecular formula is C22H34N2O7. The highest BCUT2D eigenvalue weighted by Crippen LogP contribution is 2.24. The monoisotopic (exact) mass is 438 g/mol. The van der Waals surface area contributed by atoms with Crippen molar-refractivity contribution in [1.29, 1.82) is 0 Å². The third kappa shape index (κ3) is 9.33. The highest BCUT2D eigenvalue weighted by atomic mass is 16.6. The fourth-order valence-corrected chi connectivity index (χ4v) is 2.70. The summed E-state index contributed by atoms with van der Waals surface area (Å²) in [4.78, 5) is 41.4. The van der Waals surface area contributed by atoms with Crippen LogP contribution in [0.25, 0.3) is 0 Å². The van der Waals surface area contributed by atoms with E-state index < -0.39 is 29.2 Å². The first-order valence-electron chi connectivity index (χ1n) is 10.5. The predicted molar refractivity (Wildman–Crippen MR) is 113 cm³/mol. The van der Waals surface area contributed by atoms with E-state index in [2.05, 4.69) is 10.3 Å². The molecule has 0 aliphatic rings. The van der Waals surface area contributed by atoms with Crippen molar-refractivity contribution in [3.05, 3.63) is 30.1 Å². The second-order valence-corrected chi connectivity index (χ2v) is 7.76. The lowest BCUT2D eigenvalue weighted by Gasteiger charge is -2.29. The minimum Gasteiger partial charge on any atom is -0.463 e. The molecule has 1 N–H and O–H groups in total. The van der Waals surface area contributed by atoms with E-state index in [1.54, 1.807) is 53.1 Å². The van der Waals surface area contributed by atoms with Crippen LogP contribution < -0.4 is 5.32 Å². The van der Waals surface area contributed by atoms with Gasteiger partial charge in [-0.25, -0.2) is 14.4 Å². The third-order valence-electron chi connectivity index (χ3n) is 4.05. The Morgan fingerprint density at radius 2 is 1.71 bits per heavy atom. The predicted octanol–water partition coefficient (Wildman–Crippen LogP) is 2.81. The van der Waals surface area contributed by atoms with E-state index in [0.717, 1.165) is 5.56 Å². The zero-order valence-electron chi connectivity index (χ0n) is 19.1. The average Bonchev–Trinajstić information content (AvgIpc) is 2.69. The second-order valence-electron chi connectivity index (χ2n) is 7.76. The van der Waals surface area contributed by atoms with E-state index in [9.17, 15) is 14.4 Å². The minimum atomic E-state index is -1.91. The van der Waals surface area contributed by atoms with Crippen LogP contribution in [0.3, 0.4) is 0 Å². The lowest BCUT2D eigenvalue weighted by Crippen LogP contribution is -2.52. The fraction of sp³-hybridized carbons (Fsp3) is 0.636. The first kappa shape index (κ1) is 26.4. The largest absolute Gasteiger partial charge is 0.463 e. The molecular weight excluding hydrogens is 404 g/mol. The molecule has 1 rings (SSSR count). The molecule has 0 aliphatic heterocycles. The van der Waals surface area contributed by atoms with Gasteiger partial charge in [-0.3, -0.25) is 4.98 Å².